The molecule has 0 spiro atoms. The van der Waals surface area contributed by atoms with Crippen LogP contribution in [0.1, 0.15) is 25.7 Å². The maximum absolute atomic E-state index is 11.7. The predicted molar refractivity (Wildman–Crippen MR) is 80.4 cm³/mol. The molecule has 0 fully saturated rings. The van der Waals surface area contributed by atoms with Gasteiger partial charge in [0.2, 0.25) is 5.89 Å². The minimum Gasteiger partial charge on any atom is -0.388 e. The minimum atomic E-state index is -0.424. The van der Waals surface area contributed by atoms with Crippen molar-refractivity contribution in [3.63, 3.8) is 0 Å². The van der Waals surface area contributed by atoms with Gasteiger partial charge in [-0.15, -0.1) is 16.7 Å². The molecule has 108 valence electrons. The van der Waals surface area contributed by atoms with Gasteiger partial charge in [-0.05, 0) is 37.1 Å². The molecule has 20 heavy (non-hydrogen) atoms. The number of unbranched alkanes of at least 4 members (excludes halogenated alkanes) is 3. The molecule has 1 aromatic heterocycles. The Balaban J connectivity index is 1.99. The minimum absolute atomic E-state index is 0.326. The van der Waals surface area contributed by atoms with E-state index in [1.165, 1.54) is 4.68 Å². The molecule has 0 bridgehead atoms. The largest absolute Gasteiger partial charge is 0.437 e. The number of rotatable bonds is 7. The zero-order valence-electron chi connectivity index (χ0n) is 11.0. The quantitative estimate of drug-likeness (QED) is 0.574. The van der Waals surface area contributed by atoms with Gasteiger partial charge in [0.25, 0.3) is 0 Å². The summed E-state index contributed by atoms with van der Waals surface area (Å²) in [6.07, 6.45) is 4.00. The Morgan fingerprint density at radius 1 is 1.10 bits per heavy atom. The Morgan fingerprint density at radius 2 is 1.80 bits per heavy atom. The summed E-state index contributed by atoms with van der Waals surface area (Å²) in [5.41, 5.74) is 0.743. The first-order chi connectivity index (χ1) is 9.70. The molecular weight excluding hydrogens is 299 g/mol. The number of hydrogen-bond acceptors (Lipinski definition) is 3. The topological polar surface area (TPSA) is 48.0 Å². The van der Waals surface area contributed by atoms with E-state index in [1.54, 1.807) is 24.3 Å². The number of halogens is 2. The van der Waals surface area contributed by atoms with Crippen molar-refractivity contribution >= 4 is 23.2 Å². The molecule has 0 saturated heterocycles. The van der Waals surface area contributed by atoms with Crippen molar-refractivity contribution in [3.8, 4) is 11.5 Å². The molecule has 0 aliphatic heterocycles. The summed E-state index contributed by atoms with van der Waals surface area (Å²) in [6.45, 7) is 0.568. The van der Waals surface area contributed by atoms with Gasteiger partial charge in [0, 0.05) is 23.0 Å². The second-order valence-corrected chi connectivity index (χ2v) is 5.32. The highest BCUT2D eigenvalue weighted by Crippen LogP contribution is 2.18. The van der Waals surface area contributed by atoms with Crippen molar-refractivity contribution in [2.45, 2.75) is 32.2 Å². The summed E-state index contributed by atoms with van der Waals surface area (Å²) in [6, 6.07) is 7.03. The Morgan fingerprint density at radius 3 is 2.50 bits per heavy atom. The van der Waals surface area contributed by atoms with Crippen molar-refractivity contribution < 1.29 is 4.42 Å². The molecule has 0 aliphatic rings. The summed E-state index contributed by atoms with van der Waals surface area (Å²) in [5.74, 6) is 0.588. The lowest BCUT2D eigenvalue weighted by molar-refractivity contribution is 0.465. The standard InChI is InChI=1S/C14H16Cl2N2O2/c15-9-3-1-2-4-10-18-14(19)20-13(17-18)11-5-7-12(16)8-6-11/h5-8H,1-4,9-10H2. The fourth-order valence-corrected chi connectivity index (χ4v) is 2.18. The SMILES string of the molecule is O=c1oc(-c2ccc(Cl)cc2)nn1CCCCCCCl. The number of nitrogens with zero attached hydrogens (tertiary/aromatic N) is 2. The Labute approximate surface area is 127 Å². The molecule has 6 heteroatoms. The Kier molecular flexibility index (Phi) is 5.68. The average Bonchev–Trinajstić information content (AvgIpc) is 2.81. The molecule has 1 aromatic carbocycles. The smallest absolute Gasteiger partial charge is 0.388 e. The fourth-order valence-electron chi connectivity index (χ4n) is 1.87. The van der Waals surface area contributed by atoms with Crippen LogP contribution < -0.4 is 5.76 Å². The van der Waals surface area contributed by atoms with Gasteiger partial charge in [-0.3, -0.25) is 0 Å². The van der Waals surface area contributed by atoms with Crippen LogP contribution in [-0.2, 0) is 6.54 Å². The van der Waals surface area contributed by atoms with E-state index < -0.39 is 5.76 Å². The van der Waals surface area contributed by atoms with Gasteiger partial charge < -0.3 is 4.42 Å². The molecule has 0 aliphatic carbocycles. The lowest BCUT2D eigenvalue weighted by Gasteiger charge is -1.98. The van der Waals surface area contributed by atoms with Gasteiger partial charge in [0.1, 0.15) is 0 Å². The summed E-state index contributed by atoms with van der Waals surface area (Å²) in [7, 11) is 0. The van der Waals surface area contributed by atoms with Crippen LogP contribution in [0.5, 0.6) is 0 Å². The van der Waals surface area contributed by atoms with E-state index in [2.05, 4.69) is 5.10 Å². The highest BCUT2D eigenvalue weighted by Gasteiger charge is 2.09. The van der Waals surface area contributed by atoms with Gasteiger partial charge in [0.15, 0.2) is 0 Å². The molecule has 0 saturated carbocycles. The third-order valence-electron chi connectivity index (χ3n) is 2.95. The lowest BCUT2D eigenvalue weighted by Crippen LogP contribution is -2.15. The molecule has 0 radical (unpaired) electrons. The highest BCUT2D eigenvalue weighted by molar-refractivity contribution is 6.30. The van der Waals surface area contributed by atoms with Crippen LogP contribution in [0.2, 0.25) is 5.02 Å². The van der Waals surface area contributed by atoms with Crippen molar-refractivity contribution in [1.29, 1.82) is 0 Å². The number of benzene rings is 1. The van der Waals surface area contributed by atoms with Crippen LogP contribution >= 0.6 is 23.2 Å². The van der Waals surface area contributed by atoms with Gasteiger partial charge in [-0.25, -0.2) is 4.79 Å². The number of alkyl halides is 1. The van der Waals surface area contributed by atoms with E-state index in [-0.39, 0.29) is 0 Å². The van der Waals surface area contributed by atoms with Gasteiger partial charge >= 0.3 is 5.76 Å². The summed E-state index contributed by atoms with van der Waals surface area (Å²) in [5, 5.41) is 4.83. The van der Waals surface area contributed by atoms with Crippen LogP contribution in [0.15, 0.2) is 33.5 Å². The van der Waals surface area contributed by atoms with Crippen molar-refractivity contribution in [2.75, 3.05) is 5.88 Å². The molecule has 4 nitrogen and oxygen atoms in total. The van der Waals surface area contributed by atoms with Crippen LogP contribution in [0, 0.1) is 0 Å². The second-order valence-electron chi connectivity index (χ2n) is 4.51. The van der Waals surface area contributed by atoms with Crippen molar-refractivity contribution in [3.05, 3.63) is 39.8 Å². The Hall–Kier alpha value is -1.26. The lowest BCUT2D eigenvalue weighted by atomic mass is 10.2. The first-order valence-electron chi connectivity index (χ1n) is 6.60. The molecule has 0 N–H and O–H groups in total. The van der Waals surface area contributed by atoms with Crippen molar-refractivity contribution in [1.82, 2.24) is 9.78 Å². The monoisotopic (exact) mass is 314 g/mol. The number of hydrogen-bond donors (Lipinski definition) is 0. The number of aryl methyl sites for hydroxylation is 1. The zero-order chi connectivity index (χ0) is 14.4. The van der Waals surface area contributed by atoms with E-state index in [4.69, 9.17) is 27.6 Å². The maximum Gasteiger partial charge on any atom is 0.437 e. The summed E-state index contributed by atoms with van der Waals surface area (Å²) >= 11 is 11.4. The molecule has 0 atom stereocenters. The van der Waals surface area contributed by atoms with Crippen LogP contribution in [-0.4, -0.2) is 15.7 Å². The Bertz CT molecular complexity index is 590. The average molecular weight is 315 g/mol. The molecule has 2 aromatic rings. The van der Waals surface area contributed by atoms with E-state index in [1.807, 2.05) is 0 Å². The van der Waals surface area contributed by atoms with Crippen LogP contribution in [0.3, 0.4) is 0 Å². The second kappa shape index (κ2) is 7.50. The highest BCUT2D eigenvalue weighted by atomic mass is 35.5. The first-order valence-corrected chi connectivity index (χ1v) is 7.52. The maximum atomic E-state index is 11.7. The molecular formula is C14H16Cl2N2O2. The molecule has 2 rings (SSSR count). The third-order valence-corrected chi connectivity index (χ3v) is 3.47. The third kappa shape index (κ3) is 4.12. The fraction of sp³-hybridized carbons (Fsp3) is 0.429. The summed E-state index contributed by atoms with van der Waals surface area (Å²) in [4.78, 5) is 11.7. The van der Waals surface area contributed by atoms with E-state index >= 15 is 0 Å². The number of aromatic nitrogens is 2. The first kappa shape index (κ1) is 15.1. The van der Waals surface area contributed by atoms with Crippen LogP contribution in [0.4, 0.5) is 0 Å². The van der Waals surface area contributed by atoms with Gasteiger partial charge in [0.05, 0.1) is 0 Å². The van der Waals surface area contributed by atoms with Crippen LogP contribution in [0.25, 0.3) is 11.5 Å². The normalized spacial score (nSPS) is 10.9. The zero-order valence-corrected chi connectivity index (χ0v) is 12.5. The van der Waals surface area contributed by atoms with Crippen molar-refractivity contribution in [2.24, 2.45) is 0 Å². The summed E-state index contributed by atoms with van der Waals surface area (Å²) < 4.78 is 6.52. The van der Waals surface area contributed by atoms with E-state index in [9.17, 15) is 4.79 Å². The van der Waals surface area contributed by atoms with E-state index in [0.29, 0.717) is 23.3 Å². The molecule has 1 heterocycles. The van der Waals surface area contributed by atoms with Gasteiger partial charge in [-0.1, -0.05) is 24.4 Å². The predicted octanol–water partition coefficient (Wildman–Crippen LogP) is 3.96. The van der Waals surface area contributed by atoms with E-state index in [0.717, 1.165) is 31.2 Å². The molecule has 0 unspecified atom stereocenters. The molecule has 0 amide bonds. The van der Waals surface area contributed by atoms with Gasteiger partial charge in [-0.2, -0.15) is 4.68 Å².